The van der Waals surface area contributed by atoms with Crippen molar-refractivity contribution in [1.82, 2.24) is 4.90 Å². The number of nitro groups is 1. The van der Waals surface area contributed by atoms with Crippen LogP contribution in [-0.2, 0) is 9.53 Å². The van der Waals surface area contributed by atoms with E-state index in [1.165, 1.54) is 0 Å². The van der Waals surface area contributed by atoms with E-state index < -0.39 is 0 Å². The molecule has 3 aromatic carbocycles. The van der Waals surface area contributed by atoms with Crippen LogP contribution in [0.25, 0.3) is 10.8 Å². The zero-order valence-electron chi connectivity index (χ0n) is 19.5. The van der Waals surface area contributed by atoms with Crippen LogP contribution in [0, 0.1) is 10.1 Å². The minimum Gasteiger partial charge on any atom is -0.484 e. The first kappa shape index (κ1) is 22.9. The second-order valence-corrected chi connectivity index (χ2v) is 8.70. The fourth-order valence-electron chi connectivity index (χ4n) is 4.63. The van der Waals surface area contributed by atoms with E-state index >= 15 is 0 Å². The number of ether oxygens (including phenoxy) is 2. The van der Waals surface area contributed by atoms with Crippen molar-refractivity contribution in [2.75, 3.05) is 68.9 Å². The van der Waals surface area contributed by atoms with Gasteiger partial charge in [-0.2, -0.15) is 0 Å². The number of nitro benzene ring substituents is 1. The molecule has 9 nitrogen and oxygen atoms in total. The first-order valence-electron chi connectivity index (χ1n) is 11.8. The van der Waals surface area contributed by atoms with E-state index in [1.807, 2.05) is 58.3 Å². The van der Waals surface area contributed by atoms with Gasteiger partial charge in [0.05, 0.1) is 18.1 Å². The monoisotopic (exact) mass is 476 g/mol. The minimum atomic E-state index is -0.333. The highest BCUT2D eigenvalue weighted by Gasteiger charge is 2.26. The van der Waals surface area contributed by atoms with Crippen molar-refractivity contribution >= 4 is 33.7 Å². The predicted octanol–water partition coefficient (Wildman–Crippen LogP) is 3.31. The first-order chi connectivity index (χ1) is 17.1. The van der Waals surface area contributed by atoms with Crippen LogP contribution >= 0.6 is 0 Å². The average Bonchev–Trinajstić information content (AvgIpc) is 2.91. The number of hydrogen-bond donors (Lipinski definition) is 0. The third kappa shape index (κ3) is 5.14. The lowest BCUT2D eigenvalue weighted by atomic mass is 10.1. The molecule has 2 fully saturated rings. The molecular formula is C26H28N4O5. The van der Waals surface area contributed by atoms with Crippen LogP contribution in [0.1, 0.15) is 0 Å². The van der Waals surface area contributed by atoms with E-state index in [1.54, 1.807) is 12.1 Å². The quantitative estimate of drug-likeness (QED) is 0.398. The fourth-order valence-corrected chi connectivity index (χ4v) is 4.63. The third-order valence-corrected chi connectivity index (χ3v) is 6.59. The number of carbonyl (C=O) groups is 1. The third-order valence-electron chi connectivity index (χ3n) is 6.59. The molecule has 3 aromatic rings. The van der Waals surface area contributed by atoms with Gasteiger partial charge in [-0.1, -0.05) is 30.3 Å². The predicted molar refractivity (Wildman–Crippen MR) is 134 cm³/mol. The molecule has 0 atom stereocenters. The summed E-state index contributed by atoms with van der Waals surface area (Å²) in [5.41, 5.74) is 1.66. The van der Waals surface area contributed by atoms with Crippen molar-refractivity contribution in [3.63, 3.8) is 0 Å². The maximum Gasteiger partial charge on any atom is 0.292 e. The second-order valence-electron chi connectivity index (χ2n) is 8.70. The van der Waals surface area contributed by atoms with Gasteiger partial charge in [-0.3, -0.25) is 14.9 Å². The fraction of sp³-hybridized carbons (Fsp3) is 0.346. The maximum absolute atomic E-state index is 12.7. The van der Waals surface area contributed by atoms with Gasteiger partial charge in [0.15, 0.2) is 6.61 Å². The lowest BCUT2D eigenvalue weighted by molar-refractivity contribution is -0.384. The number of benzene rings is 3. The normalized spacial score (nSPS) is 16.4. The van der Waals surface area contributed by atoms with Crippen molar-refractivity contribution in [3.8, 4) is 5.75 Å². The molecule has 2 heterocycles. The lowest BCUT2D eigenvalue weighted by Gasteiger charge is -2.36. The molecule has 0 aromatic heterocycles. The zero-order chi connectivity index (χ0) is 24.2. The second kappa shape index (κ2) is 10.2. The highest BCUT2D eigenvalue weighted by atomic mass is 16.6. The molecule has 182 valence electrons. The van der Waals surface area contributed by atoms with Crippen LogP contribution in [0.3, 0.4) is 0 Å². The summed E-state index contributed by atoms with van der Waals surface area (Å²) in [6, 6.07) is 19.1. The highest BCUT2D eigenvalue weighted by molar-refractivity contribution is 5.84. The first-order valence-corrected chi connectivity index (χ1v) is 11.8. The van der Waals surface area contributed by atoms with Gasteiger partial charge in [0, 0.05) is 51.0 Å². The van der Waals surface area contributed by atoms with Crippen molar-refractivity contribution in [2.24, 2.45) is 0 Å². The summed E-state index contributed by atoms with van der Waals surface area (Å²) >= 11 is 0. The number of nitrogens with zero attached hydrogens (tertiary/aromatic N) is 4. The number of fused-ring (bicyclic) bond motifs is 1. The van der Waals surface area contributed by atoms with Crippen LogP contribution in [0.15, 0.2) is 60.7 Å². The zero-order valence-corrected chi connectivity index (χ0v) is 19.5. The number of carbonyl (C=O) groups excluding carboxylic acids is 1. The van der Waals surface area contributed by atoms with Gasteiger partial charge in [0.2, 0.25) is 0 Å². The smallest absolute Gasteiger partial charge is 0.292 e. The van der Waals surface area contributed by atoms with Crippen LogP contribution in [0.2, 0.25) is 0 Å². The molecule has 35 heavy (non-hydrogen) atoms. The Morgan fingerprint density at radius 3 is 2.37 bits per heavy atom. The Hall–Kier alpha value is -3.85. The summed E-state index contributed by atoms with van der Waals surface area (Å²) in [5, 5.41) is 13.8. The summed E-state index contributed by atoms with van der Waals surface area (Å²) in [5.74, 6) is 0.632. The number of piperazine rings is 1. The Morgan fingerprint density at radius 2 is 1.63 bits per heavy atom. The topological polar surface area (TPSA) is 88.4 Å². The number of hydrogen-bond acceptors (Lipinski definition) is 7. The lowest BCUT2D eigenvalue weighted by Crippen LogP contribution is -2.50. The number of rotatable bonds is 6. The molecule has 0 radical (unpaired) electrons. The molecule has 5 rings (SSSR count). The molecule has 0 unspecified atom stereocenters. The van der Waals surface area contributed by atoms with Crippen molar-refractivity contribution < 1.29 is 19.2 Å². The van der Waals surface area contributed by atoms with Crippen LogP contribution in [0.4, 0.5) is 17.1 Å². The average molecular weight is 477 g/mol. The standard InChI is InChI=1S/C26H28N4O5/c31-26(19-35-23-7-5-20-3-1-2-4-21(20)17-23)29-11-9-27(10-12-29)22-6-8-24(30(32)33)25(18-22)28-13-15-34-16-14-28/h1-8,17-18H,9-16,19H2. The molecule has 2 aliphatic heterocycles. The Labute approximate surface area is 203 Å². The van der Waals surface area contributed by atoms with Crippen molar-refractivity contribution in [2.45, 2.75) is 0 Å². The van der Waals surface area contributed by atoms with Gasteiger partial charge in [0.25, 0.3) is 11.6 Å². The Kier molecular flexibility index (Phi) is 6.67. The van der Waals surface area contributed by atoms with Gasteiger partial charge in [-0.25, -0.2) is 0 Å². The Morgan fingerprint density at radius 1 is 0.886 bits per heavy atom. The molecule has 0 spiro atoms. The SMILES string of the molecule is O=C(COc1ccc2ccccc2c1)N1CCN(c2ccc([N+](=O)[O-])c(N3CCOCC3)c2)CC1. The molecular weight excluding hydrogens is 448 g/mol. The number of anilines is 2. The molecule has 0 bridgehead atoms. The summed E-state index contributed by atoms with van der Waals surface area (Å²) < 4.78 is 11.2. The van der Waals surface area contributed by atoms with Crippen molar-refractivity contribution in [1.29, 1.82) is 0 Å². The molecule has 2 saturated heterocycles. The van der Waals surface area contributed by atoms with Gasteiger partial charge < -0.3 is 24.2 Å². The van der Waals surface area contributed by atoms with Gasteiger partial charge in [-0.05, 0) is 35.0 Å². The van der Waals surface area contributed by atoms with Gasteiger partial charge >= 0.3 is 0 Å². The highest BCUT2D eigenvalue weighted by Crippen LogP contribution is 2.33. The van der Waals surface area contributed by atoms with Crippen molar-refractivity contribution in [3.05, 3.63) is 70.8 Å². The molecule has 9 heteroatoms. The van der Waals surface area contributed by atoms with E-state index in [0.29, 0.717) is 63.9 Å². The Bertz CT molecular complexity index is 1220. The summed E-state index contributed by atoms with van der Waals surface area (Å²) in [6.45, 7) is 4.83. The largest absolute Gasteiger partial charge is 0.484 e. The summed E-state index contributed by atoms with van der Waals surface area (Å²) in [7, 11) is 0. The van der Waals surface area contributed by atoms with Gasteiger partial charge in [0.1, 0.15) is 11.4 Å². The maximum atomic E-state index is 12.7. The molecule has 0 saturated carbocycles. The summed E-state index contributed by atoms with van der Waals surface area (Å²) in [4.78, 5) is 30.0. The summed E-state index contributed by atoms with van der Waals surface area (Å²) in [6.07, 6.45) is 0. The molecule has 1 amide bonds. The van der Waals surface area contributed by atoms with Crippen LogP contribution in [-0.4, -0.2) is 74.8 Å². The van der Waals surface area contributed by atoms with E-state index in [2.05, 4.69) is 4.90 Å². The van der Waals surface area contributed by atoms with Crippen LogP contribution in [0.5, 0.6) is 5.75 Å². The number of amides is 1. The molecule has 2 aliphatic rings. The van der Waals surface area contributed by atoms with E-state index in [0.717, 1.165) is 16.5 Å². The Balaban J connectivity index is 1.19. The van der Waals surface area contributed by atoms with Crippen LogP contribution < -0.4 is 14.5 Å². The van der Waals surface area contributed by atoms with Gasteiger partial charge in [-0.15, -0.1) is 0 Å². The van der Waals surface area contributed by atoms with E-state index in [4.69, 9.17) is 9.47 Å². The van der Waals surface area contributed by atoms with E-state index in [9.17, 15) is 14.9 Å². The molecule has 0 N–H and O–H groups in total. The molecule has 0 aliphatic carbocycles. The minimum absolute atomic E-state index is 0.00293. The van der Waals surface area contributed by atoms with E-state index in [-0.39, 0.29) is 23.1 Å². The number of morpholine rings is 1.